The van der Waals surface area contributed by atoms with Gasteiger partial charge in [-0.3, -0.25) is 14.2 Å². The van der Waals surface area contributed by atoms with Crippen LogP contribution in [-0.4, -0.2) is 53.0 Å². The Kier molecular flexibility index (Phi) is 6.06. The molecule has 7 heteroatoms. The molecule has 4 rings (SSSR count). The van der Waals surface area contributed by atoms with Gasteiger partial charge in [0.25, 0.3) is 5.91 Å². The van der Waals surface area contributed by atoms with Gasteiger partial charge in [0.15, 0.2) is 0 Å². The Balaban J connectivity index is 1.79. The minimum absolute atomic E-state index is 0.0965. The van der Waals surface area contributed by atoms with Crippen molar-refractivity contribution in [3.05, 3.63) is 64.3 Å². The number of carbonyl (C=O) groups excluding carboxylic acids is 2. The van der Waals surface area contributed by atoms with Crippen LogP contribution in [0.3, 0.4) is 0 Å². The van der Waals surface area contributed by atoms with Crippen molar-refractivity contribution in [3.8, 4) is 5.75 Å². The lowest BCUT2D eigenvalue weighted by Gasteiger charge is -2.26. The highest BCUT2D eigenvalue weighted by Crippen LogP contribution is 2.31. The zero-order valence-electron chi connectivity index (χ0n) is 17.0. The largest absolute Gasteiger partial charge is 0.497 e. The molecule has 0 N–H and O–H groups in total. The number of ether oxygens (including phenoxy) is 1. The Labute approximate surface area is 184 Å². The molecule has 1 aliphatic heterocycles. The van der Waals surface area contributed by atoms with E-state index in [2.05, 4.69) is 0 Å². The van der Waals surface area contributed by atoms with Crippen molar-refractivity contribution in [2.24, 2.45) is 0 Å². The fourth-order valence-electron chi connectivity index (χ4n) is 3.87. The number of hydrogen-bond donors (Lipinski definition) is 0. The van der Waals surface area contributed by atoms with Crippen molar-refractivity contribution in [1.29, 1.82) is 0 Å². The lowest BCUT2D eigenvalue weighted by molar-refractivity contribution is -0.130. The summed E-state index contributed by atoms with van der Waals surface area (Å²) in [5.41, 5.74) is 2.96. The van der Waals surface area contributed by atoms with Crippen LogP contribution < -0.4 is 4.74 Å². The predicted molar refractivity (Wildman–Crippen MR) is 122 cm³/mol. The van der Waals surface area contributed by atoms with Crippen molar-refractivity contribution in [1.82, 2.24) is 9.47 Å². The standard InChI is InChI=1S/C23H23ClN2O3S/c1-15-19(14-22(27)25-9-11-30-12-10-25)20-13-18(29-2)7-8-21(20)26(15)23(28)16-3-5-17(24)6-4-16/h3-8,13H,9-12,14H2,1-2H3. The van der Waals surface area contributed by atoms with Crippen LogP contribution in [0.4, 0.5) is 0 Å². The SMILES string of the molecule is COc1ccc2c(c1)c(CC(=O)N1CCSCC1)c(C)n2C(=O)c1ccc(Cl)cc1. The zero-order valence-corrected chi connectivity index (χ0v) is 18.6. The minimum atomic E-state index is -0.146. The summed E-state index contributed by atoms with van der Waals surface area (Å²) in [7, 11) is 1.61. The number of halogens is 1. The smallest absolute Gasteiger partial charge is 0.262 e. The molecule has 30 heavy (non-hydrogen) atoms. The van der Waals surface area contributed by atoms with Crippen LogP contribution in [-0.2, 0) is 11.2 Å². The monoisotopic (exact) mass is 442 g/mol. The van der Waals surface area contributed by atoms with Crippen LogP contribution in [0.5, 0.6) is 5.75 Å². The summed E-state index contributed by atoms with van der Waals surface area (Å²) < 4.78 is 7.09. The van der Waals surface area contributed by atoms with Gasteiger partial charge in [-0.2, -0.15) is 11.8 Å². The maximum absolute atomic E-state index is 13.3. The lowest BCUT2D eigenvalue weighted by atomic mass is 10.1. The molecule has 1 aliphatic rings. The summed E-state index contributed by atoms with van der Waals surface area (Å²) in [4.78, 5) is 28.2. The van der Waals surface area contributed by atoms with Gasteiger partial charge < -0.3 is 9.64 Å². The minimum Gasteiger partial charge on any atom is -0.497 e. The highest BCUT2D eigenvalue weighted by molar-refractivity contribution is 7.99. The summed E-state index contributed by atoms with van der Waals surface area (Å²) in [5.74, 6) is 2.58. The Bertz CT molecular complexity index is 1100. The van der Waals surface area contributed by atoms with Gasteiger partial charge in [-0.05, 0) is 55.0 Å². The molecule has 1 saturated heterocycles. The predicted octanol–water partition coefficient (Wildman–Crippen LogP) is 4.42. The molecule has 1 fully saturated rings. The molecule has 2 aromatic carbocycles. The molecule has 0 bridgehead atoms. The number of nitrogens with zero attached hydrogens (tertiary/aromatic N) is 2. The Morgan fingerprint density at radius 2 is 1.80 bits per heavy atom. The van der Waals surface area contributed by atoms with Gasteiger partial charge in [0.2, 0.25) is 5.91 Å². The second-order valence-electron chi connectivity index (χ2n) is 7.26. The number of amides is 1. The number of rotatable bonds is 4. The van der Waals surface area contributed by atoms with E-state index in [0.29, 0.717) is 16.3 Å². The number of benzene rings is 2. The summed E-state index contributed by atoms with van der Waals surface area (Å²) in [5, 5.41) is 1.45. The van der Waals surface area contributed by atoms with E-state index in [-0.39, 0.29) is 18.2 Å². The third-order valence-corrected chi connectivity index (χ3v) is 6.72. The van der Waals surface area contributed by atoms with Crippen molar-refractivity contribution in [3.63, 3.8) is 0 Å². The van der Waals surface area contributed by atoms with Crippen molar-refractivity contribution in [2.45, 2.75) is 13.3 Å². The van der Waals surface area contributed by atoms with Gasteiger partial charge >= 0.3 is 0 Å². The first kappa shape index (κ1) is 20.8. The van der Waals surface area contributed by atoms with Crippen LogP contribution in [0.2, 0.25) is 5.02 Å². The Hall–Kier alpha value is -2.44. The van der Waals surface area contributed by atoms with E-state index >= 15 is 0 Å². The molecule has 1 aromatic heterocycles. The average Bonchev–Trinajstić information content (AvgIpc) is 3.05. The van der Waals surface area contributed by atoms with Gasteiger partial charge in [0.1, 0.15) is 5.75 Å². The molecule has 0 spiro atoms. The number of fused-ring (bicyclic) bond motifs is 1. The highest BCUT2D eigenvalue weighted by Gasteiger charge is 2.24. The maximum Gasteiger partial charge on any atom is 0.262 e. The fraction of sp³-hybridized carbons (Fsp3) is 0.304. The number of thioether (sulfide) groups is 1. The molecule has 1 amide bonds. The Morgan fingerprint density at radius 3 is 2.47 bits per heavy atom. The molecule has 156 valence electrons. The van der Waals surface area contributed by atoms with Gasteiger partial charge in [-0.1, -0.05) is 11.6 Å². The Morgan fingerprint density at radius 1 is 1.10 bits per heavy atom. The topological polar surface area (TPSA) is 51.5 Å². The number of aromatic nitrogens is 1. The molecular formula is C23H23ClN2O3S. The van der Waals surface area contributed by atoms with E-state index in [9.17, 15) is 9.59 Å². The molecule has 2 heterocycles. The maximum atomic E-state index is 13.3. The molecule has 0 saturated carbocycles. The summed E-state index contributed by atoms with van der Waals surface area (Å²) in [6.45, 7) is 3.44. The third-order valence-electron chi connectivity index (χ3n) is 5.53. The van der Waals surface area contributed by atoms with Gasteiger partial charge in [0, 0.05) is 46.3 Å². The second kappa shape index (κ2) is 8.74. The molecule has 0 unspecified atom stereocenters. The van der Waals surface area contributed by atoms with Crippen LogP contribution in [0.1, 0.15) is 21.6 Å². The van der Waals surface area contributed by atoms with E-state index in [4.69, 9.17) is 16.3 Å². The third kappa shape index (κ3) is 3.94. The zero-order chi connectivity index (χ0) is 21.3. The fourth-order valence-corrected chi connectivity index (χ4v) is 4.90. The van der Waals surface area contributed by atoms with Gasteiger partial charge in [-0.15, -0.1) is 0 Å². The number of methoxy groups -OCH3 is 1. The first-order valence-corrected chi connectivity index (χ1v) is 11.4. The number of hydrogen-bond acceptors (Lipinski definition) is 4. The molecular weight excluding hydrogens is 420 g/mol. The normalized spacial score (nSPS) is 14.2. The van der Waals surface area contributed by atoms with E-state index in [1.54, 1.807) is 35.9 Å². The van der Waals surface area contributed by atoms with Crippen LogP contribution in [0, 0.1) is 6.92 Å². The summed E-state index contributed by atoms with van der Waals surface area (Å²) >= 11 is 7.85. The molecule has 0 atom stereocenters. The van der Waals surface area contributed by atoms with E-state index in [1.807, 2.05) is 41.8 Å². The van der Waals surface area contributed by atoms with E-state index in [1.165, 1.54) is 0 Å². The van der Waals surface area contributed by atoms with Gasteiger partial charge in [0.05, 0.1) is 19.0 Å². The first-order chi connectivity index (χ1) is 14.5. The van der Waals surface area contributed by atoms with Crippen LogP contribution >= 0.6 is 23.4 Å². The van der Waals surface area contributed by atoms with Gasteiger partial charge in [-0.25, -0.2) is 0 Å². The van der Waals surface area contributed by atoms with E-state index in [0.717, 1.165) is 46.8 Å². The van der Waals surface area contributed by atoms with Crippen LogP contribution in [0.15, 0.2) is 42.5 Å². The molecule has 0 aliphatic carbocycles. The average molecular weight is 443 g/mol. The summed E-state index contributed by atoms with van der Waals surface area (Å²) in [6, 6.07) is 12.5. The van der Waals surface area contributed by atoms with Crippen molar-refractivity contribution in [2.75, 3.05) is 31.7 Å². The highest BCUT2D eigenvalue weighted by atomic mass is 35.5. The van der Waals surface area contributed by atoms with Crippen molar-refractivity contribution < 1.29 is 14.3 Å². The second-order valence-corrected chi connectivity index (χ2v) is 8.93. The number of carbonyl (C=O) groups is 2. The van der Waals surface area contributed by atoms with Crippen molar-refractivity contribution >= 4 is 46.1 Å². The quantitative estimate of drug-likeness (QED) is 0.600. The molecule has 5 nitrogen and oxygen atoms in total. The lowest BCUT2D eigenvalue weighted by Crippen LogP contribution is -2.38. The van der Waals surface area contributed by atoms with Crippen LogP contribution in [0.25, 0.3) is 10.9 Å². The first-order valence-electron chi connectivity index (χ1n) is 9.83. The molecule has 0 radical (unpaired) electrons. The van der Waals surface area contributed by atoms with E-state index < -0.39 is 0 Å². The summed E-state index contributed by atoms with van der Waals surface area (Å²) in [6.07, 6.45) is 0.265. The molecule has 3 aromatic rings.